The number of carbonyl (C=O) groups excluding carboxylic acids is 1. The Kier molecular flexibility index (Phi) is 3.05. The number of aliphatic imine (C=N–C) groups is 1. The first kappa shape index (κ1) is 13.5. The standard InChI is InChI=1S/C20H13NO2/c22-19-13(12-21-14-6-2-1-3-7-14)10-11-17-18(19)15-8-4-5-9-16(15)20(17)23/h1-12,22H. The van der Waals surface area contributed by atoms with E-state index in [4.69, 9.17) is 0 Å². The van der Waals surface area contributed by atoms with Gasteiger partial charge in [0.2, 0.25) is 0 Å². The predicted octanol–water partition coefficient (Wildman–Crippen LogP) is 4.35. The lowest BCUT2D eigenvalue weighted by Gasteiger charge is -2.06. The van der Waals surface area contributed by atoms with Crippen molar-refractivity contribution in [3.8, 4) is 16.9 Å². The van der Waals surface area contributed by atoms with Crippen molar-refractivity contribution in [2.45, 2.75) is 0 Å². The Labute approximate surface area is 133 Å². The van der Waals surface area contributed by atoms with Crippen molar-refractivity contribution in [1.82, 2.24) is 0 Å². The molecule has 0 unspecified atom stereocenters. The average Bonchev–Trinajstić information content (AvgIpc) is 2.89. The second-order valence-corrected chi connectivity index (χ2v) is 5.39. The molecule has 1 N–H and O–H groups in total. The Morgan fingerprint density at radius 1 is 0.783 bits per heavy atom. The zero-order valence-electron chi connectivity index (χ0n) is 12.2. The fraction of sp³-hybridized carbons (Fsp3) is 0. The van der Waals surface area contributed by atoms with E-state index >= 15 is 0 Å². The first-order valence-corrected chi connectivity index (χ1v) is 7.35. The number of hydrogen-bond donors (Lipinski definition) is 1. The van der Waals surface area contributed by atoms with E-state index in [1.165, 1.54) is 0 Å². The third kappa shape index (κ3) is 2.14. The van der Waals surface area contributed by atoms with E-state index in [0.29, 0.717) is 22.3 Å². The van der Waals surface area contributed by atoms with Crippen LogP contribution in [0.1, 0.15) is 21.5 Å². The van der Waals surface area contributed by atoms with E-state index in [-0.39, 0.29) is 11.5 Å². The number of phenolic OH excluding ortho intramolecular Hbond substituents is 1. The van der Waals surface area contributed by atoms with E-state index in [1.807, 2.05) is 48.5 Å². The molecule has 0 bridgehead atoms. The molecule has 3 aromatic rings. The maximum absolute atomic E-state index is 12.4. The highest BCUT2D eigenvalue weighted by Crippen LogP contribution is 2.43. The molecule has 1 aliphatic carbocycles. The Balaban J connectivity index is 1.82. The van der Waals surface area contributed by atoms with Crippen molar-refractivity contribution in [2.75, 3.05) is 0 Å². The summed E-state index contributed by atoms with van der Waals surface area (Å²) in [5.41, 5.74) is 3.96. The van der Waals surface area contributed by atoms with Gasteiger partial charge in [0.05, 0.1) is 5.69 Å². The third-order valence-electron chi connectivity index (χ3n) is 4.00. The van der Waals surface area contributed by atoms with Gasteiger partial charge in [0, 0.05) is 28.5 Å². The number of phenols is 1. The molecule has 0 saturated heterocycles. The highest BCUT2D eigenvalue weighted by atomic mass is 16.3. The lowest BCUT2D eigenvalue weighted by molar-refractivity contribution is 0.104. The van der Waals surface area contributed by atoms with Gasteiger partial charge >= 0.3 is 0 Å². The maximum Gasteiger partial charge on any atom is 0.194 e. The van der Waals surface area contributed by atoms with Gasteiger partial charge in [-0.2, -0.15) is 0 Å². The molecule has 3 heteroatoms. The maximum atomic E-state index is 12.4. The molecule has 0 spiro atoms. The van der Waals surface area contributed by atoms with Crippen LogP contribution in [0.2, 0.25) is 0 Å². The van der Waals surface area contributed by atoms with Gasteiger partial charge in [0.15, 0.2) is 5.78 Å². The van der Waals surface area contributed by atoms with Crippen LogP contribution in [0.4, 0.5) is 5.69 Å². The number of nitrogens with zero attached hydrogens (tertiary/aromatic N) is 1. The zero-order chi connectivity index (χ0) is 15.8. The lowest BCUT2D eigenvalue weighted by atomic mass is 10.0. The Bertz CT molecular complexity index is 943. The van der Waals surface area contributed by atoms with Crippen molar-refractivity contribution < 1.29 is 9.90 Å². The zero-order valence-corrected chi connectivity index (χ0v) is 12.2. The van der Waals surface area contributed by atoms with Crippen LogP contribution in [0.15, 0.2) is 71.7 Å². The summed E-state index contributed by atoms with van der Waals surface area (Å²) in [5, 5.41) is 10.6. The molecule has 0 fully saturated rings. The molecule has 0 radical (unpaired) electrons. The monoisotopic (exact) mass is 299 g/mol. The predicted molar refractivity (Wildman–Crippen MR) is 90.7 cm³/mol. The quantitative estimate of drug-likeness (QED) is 0.559. The molecule has 23 heavy (non-hydrogen) atoms. The van der Waals surface area contributed by atoms with Crippen molar-refractivity contribution in [2.24, 2.45) is 4.99 Å². The number of benzene rings is 3. The van der Waals surface area contributed by atoms with Crippen molar-refractivity contribution >= 4 is 17.7 Å². The van der Waals surface area contributed by atoms with E-state index in [1.54, 1.807) is 24.4 Å². The van der Waals surface area contributed by atoms with Crippen molar-refractivity contribution in [3.05, 3.63) is 83.4 Å². The Hall–Kier alpha value is -3.20. The molecule has 0 atom stereocenters. The van der Waals surface area contributed by atoms with E-state index in [9.17, 15) is 9.90 Å². The number of hydrogen-bond acceptors (Lipinski definition) is 3. The normalized spacial score (nSPS) is 12.4. The molecule has 0 aliphatic heterocycles. The molecule has 3 aromatic carbocycles. The van der Waals surface area contributed by atoms with E-state index in [0.717, 1.165) is 11.3 Å². The fourth-order valence-electron chi connectivity index (χ4n) is 2.88. The highest BCUT2D eigenvalue weighted by molar-refractivity contribution is 6.23. The smallest absolute Gasteiger partial charge is 0.194 e. The molecular weight excluding hydrogens is 286 g/mol. The van der Waals surface area contributed by atoms with E-state index < -0.39 is 0 Å². The molecule has 4 rings (SSSR count). The van der Waals surface area contributed by atoms with Gasteiger partial charge in [-0.3, -0.25) is 9.79 Å². The largest absolute Gasteiger partial charge is 0.507 e. The summed E-state index contributed by atoms with van der Waals surface area (Å²) in [7, 11) is 0. The number of para-hydroxylation sites is 1. The van der Waals surface area contributed by atoms with Crippen LogP contribution in [0.3, 0.4) is 0 Å². The summed E-state index contributed by atoms with van der Waals surface area (Å²) < 4.78 is 0. The molecule has 0 amide bonds. The van der Waals surface area contributed by atoms with Gasteiger partial charge in [-0.25, -0.2) is 0 Å². The van der Waals surface area contributed by atoms with Crippen LogP contribution < -0.4 is 0 Å². The Morgan fingerprint density at radius 3 is 2.26 bits per heavy atom. The van der Waals surface area contributed by atoms with Crippen LogP contribution >= 0.6 is 0 Å². The number of rotatable bonds is 2. The number of fused-ring (bicyclic) bond motifs is 3. The van der Waals surface area contributed by atoms with Crippen LogP contribution in [0.5, 0.6) is 5.75 Å². The average molecular weight is 299 g/mol. The summed E-state index contributed by atoms with van der Waals surface area (Å²) in [4.78, 5) is 16.8. The first-order valence-electron chi connectivity index (χ1n) is 7.35. The second kappa shape index (κ2) is 5.21. The summed E-state index contributed by atoms with van der Waals surface area (Å²) in [6, 6.07) is 20.3. The van der Waals surface area contributed by atoms with E-state index in [2.05, 4.69) is 4.99 Å². The van der Waals surface area contributed by atoms with Gasteiger partial charge in [-0.1, -0.05) is 42.5 Å². The van der Waals surface area contributed by atoms with Crippen LogP contribution in [0, 0.1) is 0 Å². The SMILES string of the molecule is O=C1c2ccccc2-c2c1ccc(C=Nc1ccccc1)c2O. The summed E-state index contributed by atoms with van der Waals surface area (Å²) in [5.74, 6) is 0.0536. The summed E-state index contributed by atoms with van der Waals surface area (Å²) in [6.07, 6.45) is 1.62. The second-order valence-electron chi connectivity index (χ2n) is 5.39. The number of carbonyl (C=O) groups is 1. The van der Waals surface area contributed by atoms with Gasteiger partial charge in [-0.05, 0) is 29.8 Å². The third-order valence-corrected chi connectivity index (χ3v) is 4.00. The topological polar surface area (TPSA) is 49.7 Å². The van der Waals surface area contributed by atoms with Crippen LogP contribution in [-0.4, -0.2) is 17.1 Å². The minimum Gasteiger partial charge on any atom is -0.507 e. The minimum atomic E-state index is -0.0440. The molecule has 110 valence electrons. The lowest BCUT2D eigenvalue weighted by Crippen LogP contribution is -1.95. The molecule has 0 heterocycles. The first-order chi connectivity index (χ1) is 11.3. The molecule has 0 saturated carbocycles. The summed E-state index contributed by atoms with van der Waals surface area (Å²) >= 11 is 0. The summed E-state index contributed by atoms with van der Waals surface area (Å²) in [6.45, 7) is 0. The minimum absolute atomic E-state index is 0.0440. The van der Waals surface area contributed by atoms with Gasteiger partial charge in [-0.15, -0.1) is 0 Å². The van der Waals surface area contributed by atoms with Crippen LogP contribution in [-0.2, 0) is 0 Å². The molecule has 1 aliphatic rings. The highest BCUT2D eigenvalue weighted by Gasteiger charge is 2.29. The molecule has 0 aromatic heterocycles. The van der Waals surface area contributed by atoms with Crippen molar-refractivity contribution in [3.63, 3.8) is 0 Å². The number of aromatic hydroxyl groups is 1. The molecular formula is C20H13NO2. The van der Waals surface area contributed by atoms with Gasteiger partial charge in [0.25, 0.3) is 0 Å². The fourth-order valence-corrected chi connectivity index (χ4v) is 2.88. The van der Waals surface area contributed by atoms with Gasteiger partial charge < -0.3 is 5.11 Å². The molecule has 3 nitrogen and oxygen atoms in total. The Morgan fingerprint density at radius 2 is 1.48 bits per heavy atom. The van der Waals surface area contributed by atoms with Crippen molar-refractivity contribution in [1.29, 1.82) is 0 Å². The van der Waals surface area contributed by atoms with Gasteiger partial charge in [0.1, 0.15) is 5.75 Å². The van der Waals surface area contributed by atoms with Crippen LogP contribution in [0.25, 0.3) is 11.1 Å². The number of ketones is 1.